The molecule has 0 aromatic heterocycles. The van der Waals surface area contributed by atoms with Crippen LogP contribution in [-0.2, 0) is 20.0 Å². The zero-order valence-corrected chi connectivity index (χ0v) is 10.5. The number of primary sulfonamides is 1. The first-order valence-electron chi connectivity index (χ1n) is 4.13. The topological polar surface area (TPSA) is 119 Å². The van der Waals surface area contributed by atoms with Crippen LogP contribution in [0.25, 0.3) is 0 Å². The van der Waals surface area contributed by atoms with Crippen LogP contribution < -0.4 is 10.5 Å². The number of nitrogens with two attached hydrogens (primary N) is 1. The van der Waals surface area contributed by atoms with Gasteiger partial charge in [-0.25, -0.2) is 13.6 Å². The monoisotopic (exact) mass is 298 g/mol. The van der Waals surface area contributed by atoms with Crippen LogP contribution in [0.2, 0.25) is 5.02 Å². The van der Waals surface area contributed by atoms with E-state index in [9.17, 15) is 16.8 Å². The summed E-state index contributed by atoms with van der Waals surface area (Å²) in [6.45, 7) is 0. The maximum atomic E-state index is 11.5. The van der Waals surface area contributed by atoms with Gasteiger partial charge in [0.1, 0.15) is 16.1 Å². The molecule has 0 saturated carbocycles. The number of hydrogen-bond donors (Lipinski definition) is 2. The molecule has 0 spiro atoms. The lowest BCUT2D eigenvalue weighted by molar-refractivity contribution is 0.596. The molecule has 7 nitrogen and oxygen atoms in total. The highest BCUT2D eigenvalue weighted by molar-refractivity contribution is 7.91. The Balaban J connectivity index is 2.82. The lowest BCUT2D eigenvalue weighted by Gasteiger charge is -2.14. The van der Waals surface area contributed by atoms with E-state index in [0.29, 0.717) is 0 Å². The molecular weight excluding hydrogens is 293 g/mol. The number of sulfonamides is 2. The van der Waals surface area contributed by atoms with Crippen LogP contribution in [0.3, 0.4) is 0 Å². The van der Waals surface area contributed by atoms with Crippen molar-refractivity contribution in [2.45, 2.75) is 9.79 Å². The second-order valence-corrected chi connectivity index (χ2v) is 6.72. The zero-order chi connectivity index (χ0) is 12.8. The smallest absolute Gasteiger partial charge is 0.285 e. The maximum Gasteiger partial charge on any atom is 0.285 e. The van der Waals surface area contributed by atoms with Gasteiger partial charge in [-0.05, 0) is 12.1 Å². The van der Waals surface area contributed by atoms with E-state index >= 15 is 0 Å². The van der Waals surface area contributed by atoms with Crippen LogP contribution in [-0.4, -0.2) is 23.2 Å². The van der Waals surface area contributed by atoms with Gasteiger partial charge in [-0.1, -0.05) is 11.6 Å². The van der Waals surface area contributed by atoms with Gasteiger partial charge in [-0.15, -0.1) is 4.40 Å². The van der Waals surface area contributed by atoms with Crippen LogP contribution >= 0.6 is 11.6 Å². The molecule has 0 amide bonds. The fourth-order valence-corrected chi connectivity index (χ4v) is 3.44. The third kappa shape index (κ3) is 2.14. The SMILES string of the molecule is [15NH2]S(=O)(=O)c1cc2c(cc1Cl)N[13CH]=[15N]S2(=O)=O. The molecule has 92 valence electrons. The van der Waals surface area contributed by atoms with Gasteiger partial charge in [0.2, 0.25) is 10.0 Å². The number of hydrogen-bond acceptors (Lipinski definition) is 5. The Morgan fingerprint density at radius 3 is 2.59 bits per heavy atom. The normalized spacial score (nSPS) is 17.3. The van der Waals surface area contributed by atoms with Gasteiger partial charge in [0, 0.05) is 0 Å². The Labute approximate surface area is 102 Å². The second kappa shape index (κ2) is 3.67. The highest BCUT2D eigenvalue weighted by Gasteiger charge is 2.25. The van der Waals surface area contributed by atoms with Crippen molar-refractivity contribution >= 4 is 43.7 Å². The Morgan fingerprint density at radius 2 is 2.00 bits per heavy atom. The maximum absolute atomic E-state index is 11.5. The zero-order valence-electron chi connectivity index (χ0n) is 8.08. The summed E-state index contributed by atoms with van der Waals surface area (Å²) in [7, 11) is -8.01. The lowest BCUT2D eigenvalue weighted by atomic mass is 10.3. The highest BCUT2D eigenvalue weighted by Crippen LogP contribution is 2.33. The minimum absolute atomic E-state index is 0.150. The predicted octanol–water partition coefficient (Wildman–Crippen LogP) is 0.130. The highest BCUT2D eigenvalue weighted by atomic mass is 35.5. The molecule has 0 saturated heterocycles. The molecule has 17 heavy (non-hydrogen) atoms. The molecule has 3 N–H and O–H groups in total. The Morgan fingerprint density at radius 1 is 1.35 bits per heavy atom. The predicted molar refractivity (Wildman–Crippen MR) is 62.1 cm³/mol. The summed E-state index contributed by atoms with van der Waals surface area (Å²) in [6.07, 6.45) is 0.977. The number of rotatable bonds is 1. The molecule has 10 heteroatoms. The van der Waals surface area contributed by atoms with E-state index in [1.54, 1.807) is 0 Å². The van der Waals surface area contributed by atoms with Crippen molar-refractivity contribution in [3.63, 3.8) is 0 Å². The van der Waals surface area contributed by atoms with Crippen LogP contribution in [0.5, 0.6) is 0 Å². The molecule has 0 bridgehead atoms. The standard InChI is InChI=1S/C7H6ClN3O4S2/c8-4-1-5-7(2-6(4)16(9,12)13)17(14,15)11-3-10-5/h1-3H,(H,10,11)(H2,9,12,13)/i3+1,9+1,11+1. The molecular formula is C7H6ClN3O4S2. The van der Waals surface area contributed by atoms with E-state index in [-0.39, 0.29) is 15.6 Å². The third-order valence-electron chi connectivity index (χ3n) is 2.03. The molecule has 0 aliphatic carbocycles. The number of halogens is 1. The van der Waals surface area contributed by atoms with Gasteiger partial charge >= 0.3 is 0 Å². The van der Waals surface area contributed by atoms with Gasteiger partial charge in [0.05, 0.1) is 10.7 Å². The van der Waals surface area contributed by atoms with E-state index < -0.39 is 24.9 Å². The summed E-state index contributed by atoms with van der Waals surface area (Å²) in [5.74, 6) is 0. The van der Waals surface area contributed by atoms with Gasteiger partial charge < -0.3 is 5.32 Å². The van der Waals surface area contributed by atoms with Crippen LogP contribution in [0.1, 0.15) is 0 Å². The molecule has 0 unspecified atom stereocenters. The molecule has 1 aromatic rings. The largest absolute Gasteiger partial charge is 0.344 e. The van der Waals surface area contributed by atoms with Gasteiger partial charge in [0.15, 0.2) is 0 Å². The third-order valence-corrected chi connectivity index (χ3v) is 4.68. The van der Waals surface area contributed by atoms with Gasteiger partial charge in [-0.2, -0.15) is 8.42 Å². The number of nitrogens with zero attached hydrogens (tertiary/aromatic N) is 1. The average Bonchev–Trinajstić information content (AvgIpc) is 2.13. The van der Waals surface area contributed by atoms with E-state index in [2.05, 4.69) is 9.71 Å². The number of fused-ring (bicyclic) bond motifs is 1. The fourth-order valence-electron chi connectivity index (χ4n) is 1.30. The first-order chi connectivity index (χ1) is 7.72. The van der Waals surface area contributed by atoms with Crippen molar-refractivity contribution in [1.82, 2.24) is 0 Å². The van der Waals surface area contributed by atoms with Gasteiger partial charge in [-0.3, -0.25) is 0 Å². The van der Waals surface area contributed by atoms with Crippen LogP contribution in [0.15, 0.2) is 26.3 Å². The summed E-state index contributed by atoms with van der Waals surface area (Å²) in [6, 6.07) is 2.05. The molecule has 0 atom stereocenters. The van der Waals surface area contributed by atoms with E-state index in [0.717, 1.165) is 12.4 Å². The summed E-state index contributed by atoms with van der Waals surface area (Å²) in [5.41, 5.74) is 0.150. The van der Waals surface area contributed by atoms with Crippen LogP contribution in [0.4, 0.5) is 5.69 Å². The first kappa shape index (κ1) is 12.3. The summed E-state index contributed by atoms with van der Waals surface area (Å²) in [4.78, 5) is -0.742. The molecule has 2 rings (SSSR count). The van der Waals surface area contributed by atoms with Crippen molar-refractivity contribution < 1.29 is 16.8 Å². The number of anilines is 1. The quantitative estimate of drug-likeness (QED) is 0.564. The van der Waals surface area contributed by atoms with Crippen molar-refractivity contribution in [3.05, 3.63) is 17.2 Å². The number of benzene rings is 1. The van der Waals surface area contributed by atoms with Crippen molar-refractivity contribution in [2.75, 3.05) is 5.32 Å². The Kier molecular flexibility index (Phi) is 2.65. The van der Waals surface area contributed by atoms with E-state index in [4.69, 9.17) is 16.7 Å². The fraction of sp³-hybridized carbons (Fsp3) is 0. The minimum Gasteiger partial charge on any atom is -0.344 e. The lowest BCUT2D eigenvalue weighted by Crippen LogP contribution is -2.16. The molecule has 1 aromatic carbocycles. The van der Waals surface area contributed by atoms with Crippen molar-refractivity contribution in [1.29, 1.82) is 0 Å². The summed E-state index contributed by atoms with van der Waals surface area (Å²) >= 11 is 5.70. The summed E-state index contributed by atoms with van der Waals surface area (Å²) < 4.78 is 48.7. The summed E-state index contributed by atoms with van der Waals surface area (Å²) in [5, 5.41) is 7.30. The molecule has 1 heterocycles. The average molecular weight is 299 g/mol. The molecule has 1 aliphatic heterocycles. The van der Waals surface area contributed by atoms with Crippen molar-refractivity contribution in [3.8, 4) is 0 Å². The first-order valence-corrected chi connectivity index (χ1v) is 7.50. The minimum atomic E-state index is -4.09. The molecule has 0 fully saturated rings. The van der Waals surface area contributed by atoms with Crippen molar-refractivity contribution in [2.24, 2.45) is 9.54 Å². The molecule has 0 radical (unpaired) electrons. The van der Waals surface area contributed by atoms with Gasteiger partial charge in [0.25, 0.3) is 10.0 Å². The van der Waals surface area contributed by atoms with E-state index in [1.165, 1.54) is 6.07 Å². The number of nitrogens with one attached hydrogen (secondary N) is 1. The Hall–Kier alpha value is -1.16. The Bertz CT molecular complexity index is 724. The molecule has 1 aliphatic rings. The van der Waals surface area contributed by atoms with Crippen LogP contribution in [0, 0.1) is 0 Å². The van der Waals surface area contributed by atoms with E-state index in [1.807, 2.05) is 0 Å². The second-order valence-electron chi connectivity index (χ2n) is 3.18.